The first-order chi connectivity index (χ1) is 13.4. The number of ether oxygens (including phenoxy) is 3. The summed E-state index contributed by atoms with van der Waals surface area (Å²) in [5, 5.41) is 2.70. The smallest absolute Gasteiger partial charge is 0.338 e. The van der Waals surface area contributed by atoms with E-state index in [4.69, 9.17) is 4.74 Å². The number of carbonyl (C=O) groups excluding carboxylic acids is 4. The Morgan fingerprint density at radius 3 is 2.18 bits per heavy atom. The lowest BCUT2D eigenvalue weighted by Crippen LogP contribution is -2.29. The molecule has 2 aromatic rings. The average Bonchev–Trinajstić information content (AvgIpc) is 2.71. The fraction of sp³-hybridized carbons (Fsp3) is 0.200. The number of fused-ring (bicyclic) bond motifs is 1. The van der Waals surface area contributed by atoms with Crippen molar-refractivity contribution in [3.8, 4) is 5.75 Å². The van der Waals surface area contributed by atoms with E-state index in [9.17, 15) is 19.2 Å². The summed E-state index contributed by atoms with van der Waals surface area (Å²) >= 11 is 0. The second-order valence-electron chi connectivity index (χ2n) is 6.04. The van der Waals surface area contributed by atoms with Crippen LogP contribution in [0.2, 0.25) is 0 Å². The fourth-order valence-electron chi connectivity index (χ4n) is 2.94. The van der Waals surface area contributed by atoms with Crippen LogP contribution < -0.4 is 10.1 Å². The fourth-order valence-corrected chi connectivity index (χ4v) is 2.94. The van der Waals surface area contributed by atoms with Gasteiger partial charge in [0.05, 0.1) is 31.3 Å². The number of hydrogen-bond acceptors (Lipinski definition) is 7. The number of esters is 3. The van der Waals surface area contributed by atoms with Crippen molar-refractivity contribution in [1.29, 1.82) is 0 Å². The lowest BCUT2D eigenvalue weighted by molar-refractivity contribution is -0.138. The van der Waals surface area contributed by atoms with E-state index in [1.807, 2.05) is 0 Å². The number of anilines is 1. The van der Waals surface area contributed by atoms with Gasteiger partial charge in [0.2, 0.25) is 5.91 Å². The van der Waals surface area contributed by atoms with E-state index >= 15 is 0 Å². The number of nitrogens with one attached hydrogen (secondary N) is 1. The molecule has 0 radical (unpaired) electrons. The van der Waals surface area contributed by atoms with Crippen LogP contribution in [0.3, 0.4) is 0 Å². The molecule has 28 heavy (non-hydrogen) atoms. The Kier molecular flexibility index (Phi) is 5.39. The first kappa shape index (κ1) is 19.1. The summed E-state index contributed by atoms with van der Waals surface area (Å²) in [6.07, 6.45) is -0.0730. The van der Waals surface area contributed by atoms with Crippen LogP contribution in [0, 0.1) is 0 Å². The zero-order valence-corrected chi connectivity index (χ0v) is 15.2. The van der Waals surface area contributed by atoms with Gasteiger partial charge in [-0.3, -0.25) is 9.59 Å². The Balaban J connectivity index is 1.93. The normalized spacial score (nSPS) is 15.1. The molecule has 0 aromatic heterocycles. The second kappa shape index (κ2) is 7.91. The first-order valence-electron chi connectivity index (χ1n) is 8.35. The molecule has 8 nitrogen and oxygen atoms in total. The Morgan fingerprint density at radius 2 is 1.57 bits per heavy atom. The number of methoxy groups -OCH3 is 2. The van der Waals surface area contributed by atoms with Crippen molar-refractivity contribution >= 4 is 29.5 Å². The van der Waals surface area contributed by atoms with Crippen molar-refractivity contribution in [3.05, 3.63) is 59.2 Å². The summed E-state index contributed by atoms with van der Waals surface area (Å²) in [4.78, 5) is 48.4. The van der Waals surface area contributed by atoms with Gasteiger partial charge >= 0.3 is 17.9 Å². The van der Waals surface area contributed by atoms with E-state index in [1.54, 1.807) is 24.3 Å². The van der Waals surface area contributed by atoms with Gasteiger partial charge in [0.25, 0.3) is 0 Å². The third-order valence-electron chi connectivity index (χ3n) is 4.25. The van der Waals surface area contributed by atoms with Crippen molar-refractivity contribution in [2.75, 3.05) is 19.5 Å². The number of para-hydroxylation sites is 1. The summed E-state index contributed by atoms with van der Waals surface area (Å²) in [7, 11) is 2.38. The molecule has 0 bridgehead atoms. The molecule has 8 heteroatoms. The van der Waals surface area contributed by atoms with Crippen molar-refractivity contribution < 1.29 is 33.4 Å². The number of hydrogen-bond donors (Lipinski definition) is 1. The summed E-state index contributed by atoms with van der Waals surface area (Å²) in [5.41, 5.74) is 1.22. The van der Waals surface area contributed by atoms with Gasteiger partial charge in [0.1, 0.15) is 5.75 Å². The van der Waals surface area contributed by atoms with E-state index in [2.05, 4.69) is 14.8 Å². The van der Waals surface area contributed by atoms with Gasteiger partial charge in [0, 0.05) is 12.1 Å². The van der Waals surface area contributed by atoms with Gasteiger partial charge in [-0.2, -0.15) is 0 Å². The van der Waals surface area contributed by atoms with Crippen molar-refractivity contribution in [1.82, 2.24) is 0 Å². The predicted octanol–water partition coefficient (Wildman–Crippen LogP) is 2.29. The van der Waals surface area contributed by atoms with Gasteiger partial charge in [-0.05, 0) is 29.8 Å². The van der Waals surface area contributed by atoms with Crippen molar-refractivity contribution in [2.45, 2.75) is 12.3 Å². The molecule has 1 N–H and O–H groups in total. The van der Waals surface area contributed by atoms with E-state index < -0.39 is 23.8 Å². The number of carbonyl (C=O) groups is 4. The maximum Gasteiger partial charge on any atom is 0.338 e. The van der Waals surface area contributed by atoms with Gasteiger partial charge < -0.3 is 19.5 Å². The molecule has 1 amide bonds. The van der Waals surface area contributed by atoms with Gasteiger partial charge in [0.15, 0.2) is 0 Å². The summed E-state index contributed by atoms with van der Waals surface area (Å²) in [6.45, 7) is 0. The Morgan fingerprint density at radius 1 is 0.964 bits per heavy atom. The molecule has 0 saturated heterocycles. The number of amides is 1. The van der Waals surface area contributed by atoms with E-state index in [-0.39, 0.29) is 29.2 Å². The summed E-state index contributed by atoms with van der Waals surface area (Å²) in [6, 6.07) is 10.8. The van der Waals surface area contributed by atoms with E-state index in [0.717, 1.165) is 0 Å². The highest BCUT2D eigenvalue weighted by Crippen LogP contribution is 2.33. The van der Waals surface area contributed by atoms with Crippen LogP contribution in [0.25, 0.3) is 0 Å². The van der Waals surface area contributed by atoms with E-state index in [1.165, 1.54) is 32.4 Å². The number of benzene rings is 2. The maximum atomic E-state index is 12.7. The molecule has 1 heterocycles. The van der Waals surface area contributed by atoms with Gasteiger partial charge in [-0.1, -0.05) is 18.2 Å². The topological polar surface area (TPSA) is 108 Å². The molecular formula is C20H17NO7. The molecule has 0 fully saturated rings. The molecule has 1 atom stereocenters. The van der Waals surface area contributed by atoms with Crippen LogP contribution in [0.5, 0.6) is 5.75 Å². The third-order valence-corrected chi connectivity index (χ3v) is 4.25. The zero-order valence-electron chi connectivity index (χ0n) is 15.2. The first-order valence-corrected chi connectivity index (χ1v) is 8.35. The predicted molar refractivity (Wildman–Crippen MR) is 97.2 cm³/mol. The Bertz CT molecular complexity index is 933. The van der Waals surface area contributed by atoms with Crippen LogP contribution in [-0.2, 0) is 19.1 Å². The Labute approximate surface area is 160 Å². The molecule has 1 aliphatic heterocycles. The molecule has 1 aliphatic rings. The third kappa shape index (κ3) is 3.85. The minimum atomic E-state index is -0.812. The molecule has 0 saturated carbocycles. The standard InChI is InChI=1S/C20H17NO7/c1-26-18(23)11-7-12(19(24)27-2)9-13(8-11)28-20(25)15-10-17(22)21-16-6-4-3-5-14(15)16/h3-9,15H,10H2,1-2H3,(H,21,22). The number of rotatable bonds is 4. The average molecular weight is 383 g/mol. The lowest BCUT2D eigenvalue weighted by atomic mass is 9.90. The molecule has 2 aromatic carbocycles. The summed E-state index contributed by atoms with van der Waals surface area (Å²) in [5.74, 6) is -3.24. The van der Waals surface area contributed by atoms with Crippen LogP contribution in [-0.4, -0.2) is 38.0 Å². The van der Waals surface area contributed by atoms with E-state index in [0.29, 0.717) is 11.3 Å². The molecule has 1 unspecified atom stereocenters. The largest absolute Gasteiger partial charge is 0.465 e. The van der Waals surface area contributed by atoms with Crippen LogP contribution >= 0.6 is 0 Å². The SMILES string of the molecule is COC(=O)c1cc(OC(=O)C2CC(=O)Nc3ccccc32)cc(C(=O)OC)c1. The van der Waals surface area contributed by atoms with Gasteiger partial charge in [-0.15, -0.1) is 0 Å². The minimum Gasteiger partial charge on any atom is -0.465 e. The van der Waals surface area contributed by atoms with Crippen LogP contribution in [0.1, 0.15) is 38.6 Å². The summed E-state index contributed by atoms with van der Waals surface area (Å²) < 4.78 is 14.7. The zero-order chi connectivity index (χ0) is 20.3. The highest BCUT2D eigenvalue weighted by atomic mass is 16.5. The maximum absolute atomic E-state index is 12.7. The highest BCUT2D eigenvalue weighted by Gasteiger charge is 2.32. The second-order valence-corrected chi connectivity index (χ2v) is 6.04. The van der Waals surface area contributed by atoms with Crippen LogP contribution in [0.15, 0.2) is 42.5 Å². The highest BCUT2D eigenvalue weighted by molar-refractivity contribution is 6.00. The monoisotopic (exact) mass is 383 g/mol. The molecule has 0 spiro atoms. The van der Waals surface area contributed by atoms with Crippen LogP contribution in [0.4, 0.5) is 5.69 Å². The van der Waals surface area contributed by atoms with Crippen molar-refractivity contribution in [3.63, 3.8) is 0 Å². The van der Waals surface area contributed by atoms with Crippen molar-refractivity contribution in [2.24, 2.45) is 0 Å². The lowest BCUT2D eigenvalue weighted by Gasteiger charge is -2.24. The molecule has 0 aliphatic carbocycles. The van der Waals surface area contributed by atoms with Gasteiger partial charge in [-0.25, -0.2) is 9.59 Å². The minimum absolute atomic E-state index is 0.0231. The quantitative estimate of drug-likeness (QED) is 0.637. The Hall–Kier alpha value is -3.68. The molecule has 3 rings (SSSR count). The molecule has 144 valence electrons. The molecular weight excluding hydrogens is 366 g/mol.